The number of aliphatic hydroxyl groups excluding tert-OH is 1. The Morgan fingerprint density at radius 3 is 2.80 bits per heavy atom. The van der Waals surface area contributed by atoms with Crippen molar-refractivity contribution in [1.29, 1.82) is 0 Å². The van der Waals surface area contributed by atoms with Crippen molar-refractivity contribution in [3.63, 3.8) is 0 Å². The molecule has 2 heterocycles. The van der Waals surface area contributed by atoms with E-state index in [9.17, 15) is 13.5 Å². The normalized spacial score (nSPS) is 18.1. The average molecular weight is 316 g/mol. The zero-order valence-corrected chi connectivity index (χ0v) is 12.2. The number of hydrogen-bond acceptors (Lipinski definition) is 4. The van der Waals surface area contributed by atoms with E-state index in [1.165, 1.54) is 4.40 Å². The molecule has 20 heavy (non-hydrogen) atoms. The minimum Gasteiger partial charge on any atom is -0.394 e. The maximum Gasteiger partial charge on any atom is 0.260 e. The number of sulfonamides is 1. The van der Waals surface area contributed by atoms with Crippen molar-refractivity contribution >= 4 is 27.3 Å². The molecule has 0 saturated heterocycles. The molecule has 0 atom stereocenters. The molecule has 1 fully saturated rings. The second-order valence-electron chi connectivity index (χ2n) is 5.03. The van der Waals surface area contributed by atoms with Crippen LogP contribution in [0.5, 0.6) is 0 Å². The number of halogens is 1. The average Bonchev–Trinajstić information content (AvgIpc) is 2.70. The molecule has 1 aliphatic rings. The number of fused-ring (bicyclic) bond motifs is 1. The summed E-state index contributed by atoms with van der Waals surface area (Å²) in [6.07, 6.45) is 3.73. The molecule has 6 nitrogen and oxygen atoms in total. The number of aromatic nitrogens is 2. The van der Waals surface area contributed by atoms with Crippen LogP contribution in [0.4, 0.5) is 0 Å². The number of rotatable bonds is 4. The Balaban J connectivity index is 2.07. The summed E-state index contributed by atoms with van der Waals surface area (Å²) in [5.41, 5.74) is -0.300. The van der Waals surface area contributed by atoms with Crippen LogP contribution >= 0.6 is 11.6 Å². The molecular formula is C12H14ClN3O3S. The Morgan fingerprint density at radius 1 is 1.45 bits per heavy atom. The van der Waals surface area contributed by atoms with Gasteiger partial charge < -0.3 is 5.11 Å². The van der Waals surface area contributed by atoms with Crippen LogP contribution in [-0.4, -0.2) is 35.1 Å². The fourth-order valence-electron chi connectivity index (χ4n) is 2.41. The van der Waals surface area contributed by atoms with Crippen molar-refractivity contribution in [2.75, 3.05) is 6.61 Å². The first-order chi connectivity index (χ1) is 9.47. The predicted molar refractivity (Wildman–Crippen MR) is 74.2 cm³/mol. The lowest BCUT2D eigenvalue weighted by Crippen LogP contribution is -2.56. The van der Waals surface area contributed by atoms with Gasteiger partial charge in [0, 0.05) is 6.20 Å². The molecule has 0 bridgehead atoms. The van der Waals surface area contributed by atoms with E-state index in [0.717, 1.165) is 6.42 Å². The molecule has 1 aliphatic carbocycles. The van der Waals surface area contributed by atoms with Crippen LogP contribution < -0.4 is 4.72 Å². The van der Waals surface area contributed by atoms with Gasteiger partial charge in [0.2, 0.25) is 0 Å². The largest absolute Gasteiger partial charge is 0.394 e. The molecule has 0 spiro atoms. The molecule has 8 heteroatoms. The third-order valence-electron chi connectivity index (χ3n) is 3.67. The van der Waals surface area contributed by atoms with Crippen molar-refractivity contribution < 1.29 is 13.5 Å². The van der Waals surface area contributed by atoms with Gasteiger partial charge in [-0.05, 0) is 31.4 Å². The highest BCUT2D eigenvalue weighted by atomic mass is 35.5. The molecule has 108 valence electrons. The fraction of sp³-hybridized carbons (Fsp3) is 0.417. The van der Waals surface area contributed by atoms with Gasteiger partial charge in [-0.15, -0.1) is 0 Å². The predicted octanol–water partition coefficient (Wildman–Crippen LogP) is 1.18. The first kappa shape index (κ1) is 13.8. The minimum absolute atomic E-state index is 0.0730. The quantitative estimate of drug-likeness (QED) is 0.887. The van der Waals surface area contributed by atoms with E-state index in [4.69, 9.17) is 11.6 Å². The molecule has 2 aromatic heterocycles. The molecule has 0 unspecified atom stereocenters. The number of hydrogen-bond donors (Lipinski definition) is 2. The summed E-state index contributed by atoms with van der Waals surface area (Å²) in [5, 5.41) is 9.24. The SMILES string of the molecule is O=S(=O)(NC1(CO)CCC1)c1c(Cl)nc2ccccn12. The van der Waals surface area contributed by atoms with E-state index in [-0.39, 0.29) is 16.8 Å². The second kappa shape index (κ2) is 4.70. The van der Waals surface area contributed by atoms with E-state index in [1.54, 1.807) is 24.4 Å². The zero-order chi connectivity index (χ0) is 14.4. The van der Waals surface area contributed by atoms with Gasteiger partial charge in [0.05, 0.1) is 12.1 Å². The second-order valence-corrected chi connectivity index (χ2v) is 6.99. The topological polar surface area (TPSA) is 83.7 Å². The lowest BCUT2D eigenvalue weighted by atomic mass is 9.78. The molecule has 3 rings (SSSR count). The monoisotopic (exact) mass is 315 g/mol. The first-order valence-electron chi connectivity index (χ1n) is 6.25. The lowest BCUT2D eigenvalue weighted by Gasteiger charge is -2.40. The van der Waals surface area contributed by atoms with Crippen LogP contribution in [0.3, 0.4) is 0 Å². The van der Waals surface area contributed by atoms with E-state index in [0.29, 0.717) is 18.5 Å². The van der Waals surface area contributed by atoms with Crippen molar-refractivity contribution in [3.8, 4) is 0 Å². The van der Waals surface area contributed by atoms with Crippen LogP contribution in [0.15, 0.2) is 29.4 Å². The summed E-state index contributed by atoms with van der Waals surface area (Å²) >= 11 is 5.97. The van der Waals surface area contributed by atoms with Gasteiger partial charge in [-0.25, -0.2) is 18.1 Å². The summed E-state index contributed by atoms with van der Waals surface area (Å²) < 4.78 is 29.0. The third kappa shape index (κ3) is 2.10. The van der Waals surface area contributed by atoms with E-state index in [1.807, 2.05) is 0 Å². The fourth-order valence-corrected chi connectivity index (χ4v) is 4.51. The van der Waals surface area contributed by atoms with Crippen LogP contribution in [0.25, 0.3) is 5.65 Å². The van der Waals surface area contributed by atoms with E-state index >= 15 is 0 Å². The Hall–Kier alpha value is -1.15. The van der Waals surface area contributed by atoms with Crippen molar-refractivity contribution in [2.45, 2.75) is 29.8 Å². The summed E-state index contributed by atoms with van der Waals surface area (Å²) in [6.45, 7) is -0.222. The number of aliphatic hydroxyl groups is 1. The summed E-state index contributed by atoms with van der Waals surface area (Å²) in [5.74, 6) is 0. The molecule has 2 aromatic rings. The van der Waals surface area contributed by atoms with Gasteiger partial charge in [-0.2, -0.15) is 0 Å². The maximum atomic E-state index is 12.5. The highest BCUT2D eigenvalue weighted by molar-refractivity contribution is 7.89. The van der Waals surface area contributed by atoms with Crippen molar-refractivity contribution in [3.05, 3.63) is 29.5 Å². The smallest absolute Gasteiger partial charge is 0.260 e. The lowest BCUT2D eigenvalue weighted by molar-refractivity contribution is 0.110. The van der Waals surface area contributed by atoms with Crippen LogP contribution in [0.2, 0.25) is 5.15 Å². The zero-order valence-electron chi connectivity index (χ0n) is 10.6. The summed E-state index contributed by atoms with van der Waals surface area (Å²) in [7, 11) is -3.85. The first-order valence-corrected chi connectivity index (χ1v) is 8.11. The Labute approximate surface area is 121 Å². The van der Waals surface area contributed by atoms with Gasteiger partial charge in [0.15, 0.2) is 10.2 Å². The Kier molecular flexibility index (Phi) is 3.24. The van der Waals surface area contributed by atoms with Gasteiger partial charge >= 0.3 is 0 Å². The molecule has 0 radical (unpaired) electrons. The number of nitrogens with zero attached hydrogens (tertiary/aromatic N) is 2. The maximum absolute atomic E-state index is 12.5. The highest BCUT2D eigenvalue weighted by Gasteiger charge is 2.41. The molecule has 2 N–H and O–H groups in total. The van der Waals surface area contributed by atoms with Crippen molar-refractivity contribution in [1.82, 2.24) is 14.1 Å². The van der Waals surface area contributed by atoms with Crippen LogP contribution in [-0.2, 0) is 10.0 Å². The highest BCUT2D eigenvalue weighted by Crippen LogP contribution is 2.34. The number of imidazole rings is 1. The molecule has 0 amide bonds. The van der Waals surface area contributed by atoms with Gasteiger partial charge in [-0.1, -0.05) is 17.7 Å². The van der Waals surface area contributed by atoms with Gasteiger partial charge in [-0.3, -0.25) is 4.40 Å². The van der Waals surface area contributed by atoms with Crippen LogP contribution in [0, 0.1) is 0 Å². The number of nitrogens with one attached hydrogen (secondary N) is 1. The Morgan fingerprint density at radius 2 is 2.20 bits per heavy atom. The van der Waals surface area contributed by atoms with Crippen molar-refractivity contribution in [2.24, 2.45) is 0 Å². The Bertz CT molecular complexity index is 747. The minimum atomic E-state index is -3.85. The third-order valence-corrected chi connectivity index (χ3v) is 5.64. The molecular weight excluding hydrogens is 302 g/mol. The summed E-state index contributed by atoms with van der Waals surface area (Å²) in [4.78, 5) is 4.03. The molecule has 0 aliphatic heterocycles. The number of pyridine rings is 1. The van der Waals surface area contributed by atoms with E-state index in [2.05, 4.69) is 9.71 Å². The van der Waals surface area contributed by atoms with Crippen LogP contribution in [0.1, 0.15) is 19.3 Å². The van der Waals surface area contributed by atoms with Gasteiger partial charge in [0.1, 0.15) is 5.65 Å². The molecule has 1 saturated carbocycles. The standard InChI is InChI=1S/C12H14ClN3O3S/c13-10-11(16-7-2-1-4-9(16)14-10)20(18,19)15-12(8-17)5-3-6-12/h1-2,4,7,15,17H,3,5-6,8H2. The molecule has 0 aromatic carbocycles. The van der Waals surface area contributed by atoms with E-state index < -0.39 is 15.6 Å². The summed E-state index contributed by atoms with van der Waals surface area (Å²) in [6, 6.07) is 5.13. The van der Waals surface area contributed by atoms with Gasteiger partial charge in [0.25, 0.3) is 10.0 Å².